The monoisotopic (exact) mass is 497 g/mol. The van der Waals surface area contributed by atoms with Crippen molar-refractivity contribution in [3.05, 3.63) is 65.7 Å². The Labute approximate surface area is 185 Å². The summed E-state index contributed by atoms with van der Waals surface area (Å²) in [7, 11) is 1.63. The third-order valence-corrected chi connectivity index (χ3v) is 4.50. The van der Waals surface area contributed by atoms with Crippen molar-refractivity contribution >= 4 is 29.9 Å². The molecule has 0 saturated carbocycles. The second-order valence-corrected chi connectivity index (χ2v) is 7.11. The fourth-order valence-electron chi connectivity index (χ4n) is 2.74. The van der Waals surface area contributed by atoms with Crippen molar-refractivity contribution in [1.82, 2.24) is 10.6 Å². The molecular formula is C22H32IN3O2. The van der Waals surface area contributed by atoms with Gasteiger partial charge >= 0.3 is 0 Å². The summed E-state index contributed by atoms with van der Waals surface area (Å²) in [5.41, 5.74) is 2.02. The molecule has 0 spiro atoms. The Morgan fingerprint density at radius 1 is 1.07 bits per heavy atom. The smallest absolute Gasteiger partial charge is 0.191 e. The molecular weight excluding hydrogens is 465 g/mol. The van der Waals surface area contributed by atoms with Gasteiger partial charge in [0.25, 0.3) is 0 Å². The van der Waals surface area contributed by atoms with E-state index in [9.17, 15) is 5.11 Å². The summed E-state index contributed by atoms with van der Waals surface area (Å²) in [6.07, 6.45) is -0.623. The van der Waals surface area contributed by atoms with Crippen LogP contribution in [0, 0.1) is 0 Å². The SMILES string of the molecule is CCNC(=NCC(C)(C)c1ccccc1)NCC(O)c1ccc(OC)cc1.I. The molecule has 0 saturated heterocycles. The lowest BCUT2D eigenvalue weighted by Crippen LogP contribution is -2.40. The molecule has 0 fully saturated rings. The van der Waals surface area contributed by atoms with Gasteiger partial charge in [-0.15, -0.1) is 24.0 Å². The van der Waals surface area contributed by atoms with Crippen molar-refractivity contribution in [2.24, 2.45) is 4.99 Å². The Kier molecular flexibility index (Phi) is 10.3. The normalized spacial score (nSPS) is 12.7. The van der Waals surface area contributed by atoms with Crippen molar-refractivity contribution in [2.45, 2.75) is 32.3 Å². The van der Waals surface area contributed by atoms with Crippen LogP contribution in [0.2, 0.25) is 0 Å². The maximum absolute atomic E-state index is 10.4. The number of methoxy groups -OCH3 is 1. The van der Waals surface area contributed by atoms with Gasteiger partial charge in [0.15, 0.2) is 5.96 Å². The molecule has 0 aliphatic carbocycles. The van der Waals surface area contributed by atoms with Crippen molar-refractivity contribution in [1.29, 1.82) is 0 Å². The summed E-state index contributed by atoms with van der Waals surface area (Å²) in [5, 5.41) is 16.9. The van der Waals surface area contributed by atoms with Crippen molar-refractivity contribution in [2.75, 3.05) is 26.7 Å². The minimum absolute atomic E-state index is 0. The number of ether oxygens (including phenoxy) is 1. The van der Waals surface area contributed by atoms with E-state index in [4.69, 9.17) is 9.73 Å². The number of rotatable bonds is 8. The number of halogens is 1. The molecule has 0 aliphatic heterocycles. The van der Waals surface area contributed by atoms with Gasteiger partial charge in [-0.3, -0.25) is 4.99 Å². The van der Waals surface area contributed by atoms with Gasteiger partial charge in [-0.05, 0) is 30.2 Å². The lowest BCUT2D eigenvalue weighted by molar-refractivity contribution is 0.180. The summed E-state index contributed by atoms with van der Waals surface area (Å²) in [6.45, 7) is 8.17. The number of nitrogens with one attached hydrogen (secondary N) is 2. The highest BCUT2D eigenvalue weighted by molar-refractivity contribution is 14.0. The first-order valence-corrected chi connectivity index (χ1v) is 9.36. The molecule has 0 heterocycles. The molecule has 1 atom stereocenters. The number of hydrogen-bond acceptors (Lipinski definition) is 3. The Hall–Kier alpha value is -1.80. The molecule has 2 aromatic rings. The van der Waals surface area contributed by atoms with Gasteiger partial charge in [0.05, 0.1) is 19.8 Å². The van der Waals surface area contributed by atoms with Gasteiger partial charge in [0, 0.05) is 18.5 Å². The molecule has 6 heteroatoms. The Morgan fingerprint density at radius 2 is 1.71 bits per heavy atom. The van der Waals surface area contributed by atoms with Gasteiger partial charge < -0.3 is 20.5 Å². The lowest BCUT2D eigenvalue weighted by Gasteiger charge is -2.24. The molecule has 28 heavy (non-hydrogen) atoms. The first-order chi connectivity index (χ1) is 13.0. The molecule has 5 nitrogen and oxygen atoms in total. The summed E-state index contributed by atoms with van der Waals surface area (Å²) in [5.74, 6) is 1.48. The summed E-state index contributed by atoms with van der Waals surface area (Å²) in [4.78, 5) is 4.72. The maximum Gasteiger partial charge on any atom is 0.191 e. The van der Waals surface area contributed by atoms with E-state index in [1.165, 1.54) is 5.56 Å². The van der Waals surface area contributed by atoms with Crippen molar-refractivity contribution in [3.63, 3.8) is 0 Å². The molecule has 2 aromatic carbocycles. The second kappa shape index (κ2) is 11.9. The number of aliphatic hydroxyl groups is 1. The number of guanidine groups is 1. The van der Waals surface area contributed by atoms with Gasteiger partial charge in [-0.25, -0.2) is 0 Å². The average Bonchev–Trinajstić information content (AvgIpc) is 2.70. The van der Waals surface area contributed by atoms with Crippen LogP contribution in [0.3, 0.4) is 0 Å². The minimum Gasteiger partial charge on any atom is -0.497 e. The van der Waals surface area contributed by atoms with Crippen LogP contribution < -0.4 is 15.4 Å². The highest BCUT2D eigenvalue weighted by atomic mass is 127. The zero-order valence-corrected chi connectivity index (χ0v) is 19.4. The third kappa shape index (κ3) is 7.31. The fraction of sp³-hybridized carbons (Fsp3) is 0.409. The van der Waals surface area contributed by atoms with Crippen molar-refractivity contribution in [3.8, 4) is 5.75 Å². The summed E-state index contributed by atoms with van der Waals surface area (Å²) < 4.78 is 5.15. The quantitative estimate of drug-likeness (QED) is 0.294. The van der Waals surface area contributed by atoms with Gasteiger partial charge in [-0.2, -0.15) is 0 Å². The lowest BCUT2D eigenvalue weighted by atomic mass is 9.85. The first-order valence-electron chi connectivity index (χ1n) is 9.36. The van der Waals surface area contributed by atoms with Crippen LogP contribution in [0.5, 0.6) is 5.75 Å². The van der Waals surface area contributed by atoms with Crippen LogP contribution in [0.1, 0.15) is 38.0 Å². The highest BCUT2D eigenvalue weighted by Gasteiger charge is 2.20. The zero-order chi connectivity index (χ0) is 19.7. The number of aliphatic imine (C=N–C) groups is 1. The average molecular weight is 497 g/mol. The predicted octanol–water partition coefficient (Wildman–Crippen LogP) is 3.88. The maximum atomic E-state index is 10.4. The number of hydrogen-bond donors (Lipinski definition) is 3. The van der Waals surface area contributed by atoms with Gasteiger partial charge in [0.2, 0.25) is 0 Å². The standard InChI is InChI=1S/C22H31N3O2.HI/c1-5-23-21(25-16-22(2,3)18-9-7-6-8-10-18)24-15-20(26)17-11-13-19(27-4)14-12-17;/h6-14,20,26H,5,15-16H2,1-4H3,(H2,23,24,25);1H. The Morgan fingerprint density at radius 3 is 2.29 bits per heavy atom. The largest absolute Gasteiger partial charge is 0.497 e. The number of aliphatic hydroxyl groups excluding tert-OH is 1. The summed E-state index contributed by atoms with van der Waals surface area (Å²) >= 11 is 0. The van der Waals surface area contributed by atoms with E-state index in [2.05, 4.69) is 48.7 Å². The molecule has 3 N–H and O–H groups in total. The van der Waals surface area contributed by atoms with Crippen LogP contribution in [0.4, 0.5) is 0 Å². The number of benzene rings is 2. The molecule has 1 unspecified atom stereocenters. The molecule has 0 bridgehead atoms. The van der Waals surface area contributed by atoms with E-state index < -0.39 is 6.10 Å². The van der Waals surface area contributed by atoms with E-state index in [1.807, 2.05) is 37.3 Å². The van der Waals surface area contributed by atoms with Crippen LogP contribution in [-0.2, 0) is 5.41 Å². The van der Waals surface area contributed by atoms with E-state index in [-0.39, 0.29) is 29.4 Å². The molecule has 0 radical (unpaired) electrons. The summed E-state index contributed by atoms with van der Waals surface area (Å²) in [6, 6.07) is 17.8. The molecule has 2 rings (SSSR count). The van der Waals surface area contributed by atoms with Crippen LogP contribution in [0.25, 0.3) is 0 Å². The molecule has 154 valence electrons. The van der Waals surface area contributed by atoms with E-state index >= 15 is 0 Å². The first kappa shape index (κ1) is 24.2. The minimum atomic E-state index is -0.623. The van der Waals surface area contributed by atoms with E-state index in [0.717, 1.165) is 17.9 Å². The van der Waals surface area contributed by atoms with E-state index in [1.54, 1.807) is 7.11 Å². The topological polar surface area (TPSA) is 65.9 Å². The molecule has 0 aliphatic rings. The highest BCUT2D eigenvalue weighted by Crippen LogP contribution is 2.23. The van der Waals surface area contributed by atoms with Crippen LogP contribution in [0.15, 0.2) is 59.6 Å². The van der Waals surface area contributed by atoms with Gasteiger partial charge in [-0.1, -0.05) is 56.3 Å². The van der Waals surface area contributed by atoms with Gasteiger partial charge in [0.1, 0.15) is 5.75 Å². The Bertz CT molecular complexity index is 718. The zero-order valence-electron chi connectivity index (χ0n) is 17.1. The number of nitrogens with zero attached hydrogens (tertiary/aromatic N) is 1. The third-order valence-electron chi connectivity index (χ3n) is 4.50. The van der Waals surface area contributed by atoms with Crippen molar-refractivity contribution < 1.29 is 9.84 Å². The van der Waals surface area contributed by atoms with Crippen LogP contribution >= 0.6 is 24.0 Å². The second-order valence-electron chi connectivity index (χ2n) is 7.11. The Balaban J connectivity index is 0.00000392. The molecule has 0 amide bonds. The van der Waals surface area contributed by atoms with E-state index in [0.29, 0.717) is 19.0 Å². The predicted molar refractivity (Wildman–Crippen MR) is 127 cm³/mol. The van der Waals surface area contributed by atoms with Crippen LogP contribution in [-0.4, -0.2) is 37.8 Å². The fourth-order valence-corrected chi connectivity index (χ4v) is 2.74. The molecule has 0 aromatic heterocycles.